The van der Waals surface area contributed by atoms with Crippen molar-refractivity contribution in [2.24, 2.45) is 0 Å². The molecule has 4 rings (SSSR count). The van der Waals surface area contributed by atoms with Gasteiger partial charge >= 0.3 is 30.2 Å². The van der Waals surface area contributed by atoms with E-state index in [1.807, 2.05) is 0 Å². The lowest BCUT2D eigenvalue weighted by Gasteiger charge is -2.64. The molecule has 2 aromatic rings. The van der Waals surface area contributed by atoms with Gasteiger partial charge in [-0.05, 0) is 75.1 Å². The predicted molar refractivity (Wildman–Crippen MR) is 159 cm³/mol. The fourth-order valence-corrected chi connectivity index (χ4v) is 6.77. The minimum Gasteiger partial charge on any atom is -0.367 e. The van der Waals surface area contributed by atoms with Gasteiger partial charge < -0.3 is 45.8 Å². The van der Waals surface area contributed by atoms with Crippen LogP contribution >= 0.6 is 0 Å². The van der Waals surface area contributed by atoms with Crippen LogP contribution in [0.2, 0.25) is 0 Å². The average molecular weight is 759 g/mol. The van der Waals surface area contributed by atoms with Gasteiger partial charge in [-0.25, -0.2) is 14.1 Å². The molecule has 4 atom stereocenters. The summed E-state index contributed by atoms with van der Waals surface area (Å²) >= 11 is 0. The Morgan fingerprint density at radius 1 is 0.846 bits per heavy atom. The second-order valence-corrected chi connectivity index (χ2v) is 13.2. The van der Waals surface area contributed by atoms with Gasteiger partial charge in [0.05, 0.1) is 17.2 Å². The van der Waals surface area contributed by atoms with E-state index in [2.05, 4.69) is 0 Å². The van der Waals surface area contributed by atoms with Crippen LogP contribution in [0.15, 0.2) is 36.4 Å². The first-order valence-corrected chi connectivity index (χ1v) is 15.3. The fourth-order valence-electron chi connectivity index (χ4n) is 6.77. The summed E-state index contributed by atoms with van der Waals surface area (Å²) in [6.07, 6.45) is -11.8. The number of carbonyl (C=O) groups excluding carboxylic acids is 2. The van der Waals surface area contributed by atoms with Crippen molar-refractivity contribution in [2.45, 2.75) is 94.2 Å². The predicted octanol–water partition coefficient (Wildman–Crippen LogP) is 1.38. The maximum Gasteiger partial charge on any atom is 0.416 e. The SMILES string of the molecule is CC(=O)N1C(C)(O)C(O)(O)N(C2CCN(C(=O)N(C)C(C)(O)c3cc(C(F)(F)F)cc(C(F)(F)F)c3)C(c3ccc(F)cc3C)C2)C(O)(O)C1(O)O. The van der Waals surface area contributed by atoms with Crippen LogP contribution in [0.25, 0.3) is 0 Å². The lowest BCUT2D eigenvalue weighted by molar-refractivity contribution is -0.573. The summed E-state index contributed by atoms with van der Waals surface area (Å²) in [4.78, 5) is 27.2. The summed E-state index contributed by atoms with van der Waals surface area (Å²) in [6, 6.07) is -0.961. The maximum absolute atomic E-state index is 14.2. The van der Waals surface area contributed by atoms with E-state index in [1.54, 1.807) is 0 Å². The molecule has 14 nitrogen and oxygen atoms in total. The normalized spacial score (nSPS) is 26.2. The molecule has 3 amide bonds. The molecule has 0 spiro atoms. The van der Waals surface area contributed by atoms with Crippen molar-refractivity contribution < 1.29 is 81.2 Å². The molecule has 2 aliphatic heterocycles. The number of alkyl halides is 6. The van der Waals surface area contributed by atoms with Gasteiger partial charge in [0.1, 0.15) is 5.82 Å². The molecule has 52 heavy (non-hydrogen) atoms. The van der Waals surface area contributed by atoms with Crippen LogP contribution in [-0.4, -0.2) is 115 Å². The molecule has 0 saturated carbocycles. The summed E-state index contributed by atoms with van der Waals surface area (Å²) in [6.45, 7) is 2.69. The smallest absolute Gasteiger partial charge is 0.367 e. The molecule has 0 aliphatic carbocycles. The van der Waals surface area contributed by atoms with Gasteiger partial charge in [0.15, 0.2) is 5.72 Å². The number of piperazine rings is 1. The fraction of sp³-hybridized carbons (Fsp3) is 0.548. The third-order valence-electron chi connectivity index (χ3n) is 9.67. The molecule has 0 aromatic heterocycles. The highest BCUT2D eigenvalue weighted by Gasteiger charge is 2.77. The summed E-state index contributed by atoms with van der Waals surface area (Å²) < 4.78 is 96.0. The highest BCUT2D eigenvalue weighted by Crippen LogP contribution is 2.49. The lowest BCUT2D eigenvalue weighted by atomic mass is 9.86. The Morgan fingerprint density at radius 2 is 1.35 bits per heavy atom. The van der Waals surface area contributed by atoms with Gasteiger partial charge in [0.2, 0.25) is 11.6 Å². The van der Waals surface area contributed by atoms with Crippen LogP contribution < -0.4 is 0 Å². The first kappa shape index (κ1) is 41.1. The molecule has 2 fully saturated rings. The number of nitrogens with zero attached hydrogens (tertiary/aromatic N) is 4. The van der Waals surface area contributed by atoms with Crippen molar-refractivity contribution in [1.82, 2.24) is 19.6 Å². The minimum absolute atomic E-state index is 0.0854. The summed E-state index contributed by atoms with van der Waals surface area (Å²) in [5, 5.41) is 88.4. The van der Waals surface area contributed by atoms with Crippen LogP contribution in [0.5, 0.6) is 0 Å². The summed E-state index contributed by atoms with van der Waals surface area (Å²) in [7, 11) is 0.861. The highest BCUT2D eigenvalue weighted by atomic mass is 19.4. The quantitative estimate of drug-likeness (QED) is 0.165. The average Bonchev–Trinajstić information content (AvgIpc) is 2.97. The zero-order valence-electron chi connectivity index (χ0n) is 28.1. The highest BCUT2D eigenvalue weighted by molar-refractivity contribution is 5.76. The first-order valence-electron chi connectivity index (χ1n) is 15.3. The second-order valence-electron chi connectivity index (χ2n) is 13.2. The van der Waals surface area contributed by atoms with Crippen molar-refractivity contribution in [3.8, 4) is 0 Å². The van der Waals surface area contributed by atoms with E-state index in [0.717, 1.165) is 31.0 Å². The third kappa shape index (κ3) is 6.57. The van der Waals surface area contributed by atoms with E-state index in [4.69, 9.17) is 0 Å². The van der Waals surface area contributed by atoms with E-state index in [-0.39, 0.29) is 34.2 Å². The van der Waals surface area contributed by atoms with Gasteiger partial charge in [-0.3, -0.25) is 9.69 Å². The third-order valence-corrected chi connectivity index (χ3v) is 9.67. The van der Waals surface area contributed by atoms with Gasteiger partial charge in [-0.15, -0.1) is 0 Å². The molecule has 21 heteroatoms. The second kappa shape index (κ2) is 12.7. The van der Waals surface area contributed by atoms with E-state index < -0.39 is 112 Å². The molecule has 0 radical (unpaired) electrons. The number of amides is 3. The number of halogens is 7. The lowest BCUT2D eigenvalue weighted by Crippen LogP contribution is -2.91. The number of hydrogen-bond donors (Lipinski definition) is 8. The topological polar surface area (TPSA) is 209 Å². The Labute approximate surface area is 290 Å². The Kier molecular flexibility index (Phi) is 10.1. The Morgan fingerprint density at radius 3 is 1.81 bits per heavy atom. The van der Waals surface area contributed by atoms with E-state index >= 15 is 0 Å². The number of rotatable bonds is 4. The maximum atomic E-state index is 14.2. The van der Waals surface area contributed by atoms with Crippen LogP contribution in [0.1, 0.15) is 67.5 Å². The zero-order valence-corrected chi connectivity index (χ0v) is 28.1. The van der Waals surface area contributed by atoms with Crippen molar-refractivity contribution >= 4 is 11.9 Å². The largest absolute Gasteiger partial charge is 0.416 e. The Hall–Kier alpha value is -3.67. The van der Waals surface area contributed by atoms with Crippen molar-refractivity contribution in [1.29, 1.82) is 0 Å². The molecular weight excluding hydrogens is 721 g/mol. The Bertz CT molecular complexity index is 1670. The monoisotopic (exact) mass is 758 g/mol. The number of likely N-dealkylation sites (tertiary alicyclic amines) is 1. The molecule has 2 saturated heterocycles. The standard InChI is InChI=1S/C31H37F7N4O10/c1-15-10-20(32)6-7-22(15)23-14-21(42-29(47,48)26(4,46)41(16(2)43)30(49,50)31(42,51)52)8-9-40(23)24(44)39(5)25(3,45)17-11-18(27(33,34)35)13-19(12-17)28(36,37)38/h6-7,10-13,21,23,45-52H,8-9,14H2,1-5H3. The number of piperidine rings is 1. The molecule has 4 unspecified atom stereocenters. The van der Waals surface area contributed by atoms with Crippen LogP contribution in [0, 0.1) is 12.7 Å². The van der Waals surface area contributed by atoms with Gasteiger partial charge in [0.25, 0.3) is 5.91 Å². The number of benzene rings is 2. The van der Waals surface area contributed by atoms with Crippen molar-refractivity contribution in [3.05, 3.63) is 70.0 Å². The van der Waals surface area contributed by atoms with Gasteiger partial charge in [-0.1, -0.05) is 6.07 Å². The Balaban J connectivity index is 1.82. The van der Waals surface area contributed by atoms with Crippen LogP contribution in [-0.2, 0) is 22.9 Å². The number of urea groups is 1. The molecule has 0 bridgehead atoms. The number of aryl methyl sites for hydroxylation is 1. The van der Waals surface area contributed by atoms with Crippen LogP contribution in [0.3, 0.4) is 0 Å². The number of aliphatic hydroxyl groups is 8. The van der Waals surface area contributed by atoms with E-state index in [0.29, 0.717) is 18.7 Å². The first-order chi connectivity index (χ1) is 23.3. The molecule has 8 N–H and O–H groups in total. The molecule has 2 aliphatic rings. The van der Waals surface area contributed by atoms with Gasteiger partial charge in [-0.2, -0.15) is 31.2 Å². The summed E-state index contributed by atoms with van der Waals surface area (Å²) in [5.41, 5.74) is -10.6. The van der Waals surface area contributed by atoms with Crippen molar-refractivity contribution in [2.75, 3.05) is 13.6 Å². The number of hydrogen-bond acceptors (Lipinski definition) is 11. The minimum atomic E-state index is -5.30. The summed E-state index contributed by atoms with van der Waals surface area (Å²) in [5.74, 6) is -14.4. The molecular formula is C31H37F7N4O10. The zero-order chi connectivity index (χ0) is 39.9. The van der Waals surface area contributed by atoms with Crippen molar-refractivity contribution in [3.63, 3.8) is 0 Å². The molecule has 2 aromatic carbocycles. The van der Waals surface area contributed by atoms with Crippen LogP contribution in [0.4, 0.5) is 35.5 Å². The molecule has 290 valence electrons. The number of carbonyl (C=O) groups is 2. The van der Waals surface area contributed by atoms with Gasteiger partial charge in [0, 0.05) is 32.1 Å². The molecule has 2 heterocycles. The van der Waals surface area contributed by atoms with E-state index in [1.165, 1.54) is 13.0 Å². The van der Waals surface area contributed by atoms with E-state index in [9.17, 15) is 81.2 Å².